The molecular formula is C16H22O. The molecular weight excluding hydrogens is 208 g/mol. The summed E-state index contributed by atoms with van der Waals surface area (Å²) in [5, 5.41) is 10.7. The molecule has 2 aliphatic rings. The van der Waals surface area contributed by atoms with Crippen LogP contribution in [0.25, 0.3) is 0 Å². The van der Waals surface area contributed by atoms with Gasteiger partial charge in [-0.15, -0.1) is 0 Å². The second-order valence-electron chi connectivity index (χ2n) is 6.03. The summed E-state index contributed by atoms with van der Waals surface area (Å²) in [6.45, 7) is 2.19. The number of rotatable bonds is 2. The van der Waals surface area contributed by atoms with Gasteiger partial charge in [0.25, 0.3) is 0 Å². The molecule has 1 heteroatoms. The van der Waals surface area contributed by atoms with Crippen molar-refractivity contribution in [1.29, 1.82) is 0 Å². The van der Waals surface area contributed by atoms with E-state index < -0.39 is 5.60 Å². The van der Waals surface area contributed by atoms with E-state index in [1.165, 1.54) is 48.8 Å². The second kappa shape index (κ2) is 4.13. The van der Waals surface area contributed by atoms with E-state index >= 15 is 0 Å². The van der Waals surface area contributed by atoms with E-state index in [-0.39, 0.29) is 0 Å². The predicted octanol–water partition coefficient (Wildman–Crippen LogP) is 3.27. The molecule has 17 heavy (non-hydrogen) atoms. The van der Waals surface area contributed by atoms with E-state index in [4.69, 9.17) is 0 Å². The van der Waals surface area contributed by atoms with Crippen LogP contribution in [0.2, 0.25) is 0 Å². The lowest BCUT2D eigenvalue weighted by molar-refractivity contribution is 0.00958. The number of aryl methyl sites for hydroxylation is 2. The van der Waals surface area contributed by atoms with E-state index in [2.05, 4.69) is 25.1 Å². The molecule has 0 aromatic heterocycles. The first-order valence-electron chi connectivity index (χ1n) is 7.00. The third-order valence-corrected chi connectivity index (χ3v) is 4.84. The van der Waals surface area contributed by atoms with Crippen molar-refractivity contribution in [2.75, 3.05) is 0 Å². The Hall–Kier alpha value is -0.820. The van der Waals surface area contributed by atoms with Crippen molar-refractivity contribution in [2.24, 2.45) is 5.92 Å². The quantitative estimate of drug-likeness (QED) is 0.826. The van der Waals surface area contributed by atoms with Crippen LogP contribution >= 0.6 is 0 Å². The lowest BCUT2D eigenvalue weighted by Gasteiger charge is -2.28. The minimum atomic E-state index is -0.438. The summed E-state index contributed by atoms with van der Waals surface area (Å²) in [5.74, 6) is 0.454. The Balaban J connectivity index is 1.81. The summed E-state index contributed by atoms with van der Waals surface area (Å²) in [4.78, 5) is 0. The SMILES string of the molecule is CC1CCCC1(O)Cc1ccc2c(c1)CCC2. The first-order valence-corrected chi connectivity index (χ1v) is 7.00. The summed E-state index contributed by atoms with van der Waals surface area (Å²) in [6, 6.07) is 6.85. The topological polar surface area (TPSA) is 20.2 Å². The molecule has 0 bridgehead atoms. The number of fused-ring (bicyclic) bond motifs is 1. The van der Waals surface area contributed by atoms with Gasteiger partial charge in [0.15, 0.2) is 0 Å². The molecule has 3 rings (SSSR count). The van der Waals surface area contributed by atoms with Crippen LogP contribution in [0.1, 0.15) is 49.3 Å². The zero-order chi connectivity index (χ0) is 11.9. The monoisotopic (exact) mass is 230 g/mol. The first-order chi connectivity index (χ1) is 8.17. The largest absolute Gasteiger partial charge is 0.389 e. The van der Waals surface area contributed by atoms with Gasteiger partial charge in [0.1, 0.15) is 0 Å². The summed E-state index contributed by atoms with van der Waals surface area (Å²) >= 11 is 0. The van der Waals surface area contributed by atoms with E-state index in [0.29, 0.717) is 5.92 Å². The molecule has 1 N–H and O–H groups in total. The number of hydrogen-bond acceptors (Lipinski definition) is 1. The number of benzene rings is 1. The number of hydrogen-bond donors (Lipinski definition) is 1. The van der Waals surface area contributed by atoms with Crippen LogP contribution in [0.5, 0.6) is 0 Å². The van der Waals surface area contributed by atoms with Crippen molar-refractivity contribution in [1.82, 2.24) is 0 Å². The number of aliphatic hydroxyl groups is 1. The Morgan fingerprint density at radius 3 is 2.82 bits per heavy atom. The third kappa shape index (κ3) is 2.01. The van der Waals surface area contributed by atoms with Gasteiger partial charge >= 0.3 is 0 Å². The lowest BCUT2D eigenvalue weighted by Crippen LogP contribution is -2.34. The molecule has 1 saturated carbocycles. The Kier molecular flexibility index (Phi) is 2.74. The van der Waals surface area contributed by atoms with Crippen LogP contribution in [0.4, 0.5) is 0 Å². The Bertz CT molecular complexity index is 424. The Morgan fingerprint density at radius 1 is 1.24 bits per heavy atom. The molecule has 0 amide bonds. The third-order valence-electron chi connectivity index (χ3n) is 4.84. The highest BCUT2D eigenvalue weighted by atomic mass is 16.3. The molecule has 1 nitrogen and oxygen atoms in total. The van der Waals surface area contributed by atoms with Crippen LogP contribution in [-0.2, 0) is 19.3 Å². The summed E-state index contributed by atoms with van der Waals surface area (Å²) < 4.78 is 0. The highest BCUT2D eigenvalue weighted by Crippen LogP contribution is 2.38. The van der Waals surface area contributed by atoms with Crippen molar-refractivity contribution in [3.8, 4) is 0 Å². The highest BCUT2D eigenvalue weighted by molar-refractivity contribution is 5.36. The van der Waals surface area contributed by atoms with E-state index in [9.17, 15) is 5.11 Å². The second-order valence-corrected chi connectivity index (χ2v) is 6.03. The van der Waals surface area contributed by atoms with E-state index in [1.807, 2.05) is 0 Å². The zero-order valence-electron chi connectivity index (χ0n) is 10.7. The van der Waals surface area contributed by atoms with Gasteiger partial charge in [-0.05, 0) is 54.7 Å². The normalized spacial score (nSPS) is 31.8. The molecule has 1 fully saturated rings. The van der Waals surface area contributed by atoms with Gasteiger partial charge in [0.2, 0.25) is 0 Å². The maximum absolute atomic E-state index is 10.7. The van der Waals surface area contributed by atoms with Crippen molar-refractivity contribution in [3.05, 3.63) is 34.9 Å². The smallest absolute Gasteiger partial charge is 0.0713 e. The zero-order valence-corrected chi connectivity index (χ0v) is 10.7. The molecule has 1 aromatic rings. The molecule has 92 valence electrons. The average molecular weight is 230 g/mol. The van der Waals surface area contributed by atoms with E-state index in [0.717, 1.165) is 12.8 Å². The van der Waals surface area contributed by atoms with Gasteiger partial charge in [-0.2, -0.15) is 0 Å². The molecule has 0 heterocycles. The van der Waals surface area contributed by atoms with Crippen LogP contribution in [0, 0.1) is 5.92 Å². The van der Waals surface area contributed by atoms with Crippen LogP contribution in [0.15, 0.2) is 18.2 Å². The molecule has 0 saturated heterocycles. The highest BCUT2D eigenvalue weighted by Gasteiger charge is 2.38. The molecule has 2 aliphatic carbocycles. The maximum atomic E-state index is 10.7. The molecule has 0 aliphatic heterocycles. The van der Waals surface area contributed by atoms with Gasteiger partial charge in [-0.25, -0.2) is 0 Å². The molecule has 0 spiro atoms. The predicted molar refractivity (Wildman–Crippen MR) is 70.1 cm³/mol. The van der Waals surface area contributed by atoms with Crippen LogP contribution < -0.4 is 0 Å². The van der Waals surface area contributed by atoms with Crippen LogP contribution in [0.3, 0.4) is 0 Å². The fourth-order valence-electron chi connectivity index (χ4n) is 3.58. The van der Waals surface area contributed by atoms with Crippen LogP contribution in [-0.4, -0.2) is 10.7 Å². The Labute approximate surface area is 104 Å². The van der Waals surface area contributed by atoms with Gasteiger partial charge < -0.3 is 5.11 Å². The lowest BCUT2D eigenvalue weighted by atomic mass is 9.85. The van der Waals surface area contributed by atoms with E-state index in [1.54, 1.807) is 0 Å². The van der Waals surface area contributed by atoms with Gasteiger partial charge in [-0.1, -0.05) is 31.5 Å². The summed E-state index contributed by atoms with van der Waals surface area (Å²) in [6.07, 6.45) is 7.98. The van der Waals surface area contributed by atoms with Crippen molar-refractivity contribution >= 4 is 0 Å². The van der Waals surface area contributed by atoms with Gasteiger partial charge in [-0.3, -0.25) is 0 Å². The van der Waals surface area contributed by atoms with Gasteiger partial charge in [0.05, 0.1) is 5.60 Å². The standard InChI is InChI=1S/C16H22O/c1-12-4-3-9-16(12,17)11-13-7-8-14-5-2-6-15(14)10-13/h7-8,10,12,17H,2-6,9,11H2,1H3. The van der Waals surface area contributed by atoms with Crippen molar-refractivity contribution in [2.45, 2.75) is 57.5 Å². The van der Waals surface area contributed by atoms with Crippen molar-refractivity contribution < 1.29 is 5.11 Å². The van der Waals surface area contributed by atoms with Crippen molar-refractivity contribution in [3.63, 3.8) is 0 Å². The minimum absolute atomic E-state index is 0.438. The molecule has 1 aromatic carbocycles. The first kappa shape index (κ1) is 11.3. The summed E-state index contributed by atoms with van der Waals surface area (Å²) in [5.41, 5.74) is 3.95. The molecule has 2 atom stereocenters. The Morgan fingerprint density at radius 2 is 2.06 bits per heavy atom. The molecule has 2 unspecified atom stereocenters. The van der Waals surface area contributed by atoms with Gasteiger partial charge in [0, 0.05) is 6.42 Å². The molecule has 0 radical (unpaired) electrons. The summed E-state index contributed by atoms with van der Waals surface area (Å²) in [7, 11) is 0. The fourth-order valence-corrected chi connectivity index (χ4v) is 3.58. The average Bonchev–Trinajstić information content (AvgIpc) is 2.87. The fraction of sp³-hybridized carbons (Fsp3) is 0.625. The minimum Gasteiger partial charge on any atom is -0.389 e. The maximum Gasteiger partial charge on any atom is 0.0713 e.